The van der Waals surface area contributed by atoms with Gasteiger partial charge in [-0.15, -0.1) is 0 Å². The van der Waals surface area contributed by atoms with E-state index in [2.05, 4.69) is 10.4 Å². The standard InChI is InChI=1S/C18H23FN4OS/c1-12(24)20-16(9-10-25-2)18-21-17(14-5-6-14)22-23(18)11-13-3-7-15(19)8-4-13/h3-4,7-8,14,16H,5-6,9-11H2,1-2H3,(H,20,24)/t16-/m0/s1. The van der Waals surface area contributed by atoms with E-state index in [1.165, 1.54) is 19.1 Å². The Kier molecular flexibility index (Phi) is 5.73. The van der Waals surface area contributed by atoms with Crippen LogP contribution >= 0.6 is 11.8 Å². The predicted octanol–water partition coefficient (Wildman–Crippen LogP) is 3.27. The van der Waals surface area contributed by atoms with Crippen molar-refractivity contribution in [3.8, 4) is 0 Å². The van der Waals surface area contributed by atoms with E-state index in [-0.39, 0.29) is 17.8 Å². The molecule has 0 bridgehead atoms. The van der Waals surface area contributed by atoms with Gasteiger partial charge in [0.15, 0.2) is 5.82 Å². The van der Waals surface area contributed by atoms with Crippen molar-refractivity contribution in [3.05, 3.63) is 47.3 Å². The topological polar surface area (TPSA) is 59.8 Å². The van der Waals surface area contributed by atoms with E-state index in [1.807, 2.05) is 10.9 Å². The first-order valence-corrected chi connectivity index (χ1v) is 9.91. The molecule has 1 aliphatic carbocycles. The van der Waals surface area contributed by atoms with Gasteiger partial charge in [-0.2, -0.15) is 16.9 Å². The highest BCUT2D eigenvalue weighted by Crippen LogP contribution is 2.38. The molecule has 0 aliphatic heterocycles. The largest absolute Gasteiger partial charge is 0.346 e. The summed E-state index contributed by atoms with van der Waals surface area (Å²) in [6.45, 7) is 2.04. The van der Waals surface area contributed by atoms with Crippen molar-refractivity contribution in [2.45, 2.75) is 44.7 Å². The summed E-state index contributed by atoms with van der Waals surface area (Å²) in [5.41, 5.74) is 0.960. The van der Waals surface area contributed by atoms with E-state index >= 15 is 0 Å². The predicted molar refractivity (Wildman–Crippen MR) is 97.1 cm³/mol. The zero-order valence-corrected chi connectivity index (χ0v) is 15.4. The van der Waals surface area contributed by atoms with Gasteiger partial charge < -0.3 is 5.32 Å². The summed E-state index contributed by atoms with van der Waals surface area (Å²) in [6, 6.07) is 6.25. The smallest absolute Gasteiger partial charge is 0.217 e. The molecule has 2 aromatic rings. The molecule has 0 radical (unpaired) electrons. The number of carbonyl (C=O) groups excluding carboxylic acids is 1. The number of aromatic nitrogens is 3. The van der Waals surface area contributed by atoms with E-state index in [0.29, 0.717) is 12.5 Å². The van der Waals surface area contributed by atoms with E-state index < -0.39 is 0 Å². The summed E-state index contributed by atoms with van der Waals surface area (Å²) >= 11 is 1.74. The molecule has 0 unspecified atom stereocenters. The van der Waals surface area contributed by atoms with Gasteiger partial charge in [0.05, 0.1) is 12.6 Å². The molecule has 1 amide bonds. The molecule has 5 nitrogen and oxygen atoms in total. The maximum absolute atomic E-state index is 13.1. The average molecular weight is 362 g/mol. The SMILES string of the molecule is CSCC[C@H](NC(C)=O)c1nc(C2CC2)nn1Cc1ccc(F)cc1. The number of thioether (sulfide) groups is 1. The van der Waals surface area contributed by atoms with Gasteiger partial charge in [-0.3, -0.25) is 4.79 Å². The lowest BCUT2D eigenvalue weighted by Gasteiger charge is -2.17. The summed E-state index contributed by atoms with van der Waals surface area (Å²) in [5.74, 6) is 2.68. The lowest BCUT2D eigenvalue weighted by Crippen LogP contribution is -2.29. The van der Waals surface area contributed by atoms with Gasteiger partial charge in [0, 0.05) is 12.8 Å². The zero-order chi connectivity index (χ0) is 17.8. The summed E-state index contributed by atoms with van der Waals surface area (Å²) < 4.78 is 15.0. The molecule has 1 aliphatic rings. The van der Waals surface area contributed by atoms with Gasteiger partial charge in [0.1, 0.15) is 11.6 Å². The number of rotatable bonds is 8. The van der Waals surface area contributed by atoms with Crippen LogP contribution < -0.4 is 5.32 Å². The van der Waals surface area contributed by atoms with Crippen LogP contribution in [0.5, 0.6) is 0 Å². The maximum atomic E-state index is 13.1. The molecule has 25 heavy (non-hydrogen) atoms. The molecule has 7 heteroatoms. The minimum absolute atomic E-state index is 0.0737. The normalized spacial score (nSPS) is 15.2. The molecular formula is C18H23FN4OS. The van der Waals surface area contributed by atoms with Gasteiger partial charge in [-0.25, -0.2) is 14.1 Å². The van der Waals surface area contributed by atoms with Gasteiger partial charge in [0.2, 0.25) is 5.91 Å². The van der Waals surface area contributed by atoms with Crippen molar-refractivity contribution in [3.63, 3.8) is 0 Å². The number of carbonyl (C=O) groups is 1. The fourth-order valence-corrected chi connectivity index (χ4v) is 3.24. The van der Waals surface area contributed by atoms with Crippen LogP contribution in [-0.4, -0.2) is 32.7 Å². The highest BCUT2D eigenvalue weighted by atomic mass is 32.2. The van der Waals surface area contributed by atoms with Gasteiger partial charge in [-0.05, 0) is 49.0 Å². The molecule has 1 atom stereocenters. The van der Waals surface area contributed by atoms with Crippen LogP contribution in [0.2, 0.25) is 0 Å². The highest BCUT2D eigenvalue weighted by molar-refractivity contribution is 7.98. The molecule has 0 spiro atoms. The second-order valence-corrected chi connectivity index (χ2v) is 7.41. The molecule has 1 aromatic carbocycles. The fourth-order valence-electron chi connectivity index (χ4n) is 2.77. The van der Waals surface area contributed by atoms with Crippen molar-refractivity contribution < 1.29 is 9.18 Å². The monoisotopic (exact) mass is 362 g/mol. The van der Waals surface area contributed by atoms with E-state index in [9.17, 15) is 9.18 Å². The molecule has 0 saturated heterocycles. The van der Waals surface area contributed by atoms with Crippen molar-refractivity contribution >= 4 is 17.7 Å². The quantitative estimate of drug-likeness (QED) is 0.783. The van der Waals surface area contributed by atoms with Crippen LogP contribution in [0, 0.1) is 5.82 Å². The fraction of sp³-hybridized carbons (Fsp3) is 0.500. The van der Waals surface area contributed by atoms with Crippen molar-refractivity contribution in [1.82, 2.24) is 20.1 Å². The first kappa shape index (κ1) is 17.9. The lowest BCUT2D eigenvalue weighted by molar-refractivity contribution is -0.119. The van der Waals surface area contributed by atoms with Crippen LogP contribution in [0.25, 0.3) is 0 Å². The molecular weight excluding hydrogens is 339 g/mol. The van der Waals surface area contributed by atoms with Gasteiger partial charge in [0.25, 0.3) is 0 Å². The summed E-state index contributed by atoms with van der Waals surface area (Å²) in [4.78, 5) is 16.4. The Morgan fingerprint density at radius 2 is 2.12 bits per heavy atom. The van der Waals surface area contributed by atoms with Crippen LogP contribution in [0.1, 0.15) is 55.4 Å². The highest BCUT2D eigenvalue weighted by Gasteiger charge is 2.30. The number of hydrogen-bond donors (Lipinski definition) is 1. The lowest BCUT2D eigenvalue weighted by atomic mass is 10.2. The second kappa shape index (κ2) is 7.99. The Bertz CT molecular complexity index is 727. The van der Waals surface area contributed by atoms with Crippen molar-refractivity contribution in [2.75, 3.05) is 12.0 Å². The van der Waals surface area contributed by atoms with Crippen LogP contribution in [-0.2, 0) is 11.3 Å². The van der Waals surface area contributed by atoms with E-state index in [1.54, 1.807) is 23.9 Å². The van der Waals surface area contributed by atoms with E-state index in [0.717, 1.165) is 42.2 Å². The number of benzene rings is 1. The molecule has 1 fully saturated rings. The Hall–Kier alpha value is -1.89. The molecule has 3 rings (SSSR count). The zero-order valence-electron chi connectivity index (χ0n) is 14.5. The Balaban J connectivity index is 1.89. The van der Waals surface area contributed by atoms with Gasteiger partial charge in [-0.1, -0.05) is 12.1 Å². The average Bonchev–Trinajstić information content (AvgIpc) is 3.35. The van der Waals surface area contributed by atoms with Crippen LogP contribution in [0.4, 0.5) is 4.39 Å². The van der Waals surface area contributed by atoms with E-state index in [4.69, 9.17) is 4.98 Å². The third-order valence-electron chi connectivity index (χ3n) is 4.20. The molecule has 1 aromatic heterocycles. The number of nitrogens with one attached hydrogen (secondary N) is 1. The van der Waals surface area contributed by atoms with Gasteiger partial charge >= 0.3 is 0 Å². The first-order valence-electron chi connectivity index (χ1n) is 8.52. The number of halogens is 1. The van der Waals surface area contributed by atoms with Crippen molar-refractivity contribution in [1.29, 1.82) is 0 Å². The molecule has 1 saturated carbocycles. The summed E-state index contributed by atoms with van der Waals surface area (Å²) in [7, 11) is 0. The third-order valence-corrected chi connectivity index (χ3v) is 4.85. The Labute approximate surface area is 151 Å². The number of hydrogen-bond acceptors (Lipinski definition) is 4. The minimum atomic E-state index is -0.252. The molecule has 134 valence electrons. The Morgan fingerprint density at radius 1 is 1.40 bits per heavy atom. The third kappa shape index (κ3) is 4.81. The van der Waals surface area contributed by atoms with Crippen LogP contribution in [0.3, 0.4) is 0 Å². The second-order valence-electron chi connectivity index (χ2n) is 6.42. The molecule has 1 heterocycles. The van der Waals surface area contributed by atoms with Crippen molar-refractivity contribution in [2.24, 2.45) is 0 Å². The number of amides is 1. The first-order chi connectivity index (χ1) is 12.1. The minimum Gasteiger partial charge on any atom is -0.346 e. The number of nitrogens with zero attached hydrogens (tertiary/aromatic N) is 3. The maximum Gasteiger partial charge on any atom is 0.217 e. The summed E-state index contributed by atoms with van der Waals surface area (Å²) in [5, 5.41) is 7.68. The Morgan fingerprint density at radius 3 is 2.72 bits per heavy atom. The van der Waals surface area contributed by atoms with Crippen LogP contribution in [0.15, 0.2) is 24.3 Å². The molecule has 1 N–H and O–H groups in total. The summed E-state index contributed by atoms with van der Waals surface area (Å²) in [6.07, 6.45) is 5.09.